The molecule has 4 rings (SSSR count). The van der Waals surface area contributed by atoms with Crippen molar-refractivity contribution in [2.24, 2.45) is 0 Å². The van der Waals surface area contributed by atoms with E-state index >= 15 is 0 Å². The second kappa shape index (κ2) is 10.7. The van der Waals surface area contributed by atoms with E-state index in [2.05, 4.69) is 20.6 Å². The van der Waals surface area contributed by atoms with Crippen LogP contribution >= 0.6 is 11.6 Å². The van der Waals surface area contributed by atoms with E-state index in [1.165, 1.54) is 0 Å². The molecule has 0 fully saturated rings. The van der Waals surface area contributed by atoms with Crippen LogP contribution in [0.4, 0.5) is 0 Å². The Bertz CT molecular complexity index is 1270. The van der Waals surface area contributed by atoms with Crippen LogP contribution in [-0.4, -0.2) is 59.7 Å². The predicted octanol–water partition coefficient (Wildman–Crippen LogP) is 3.04. The molecule has 2 aromatic carbocycles. The van der Waals surface area contributed by atoms with Gasteiger partial charge in [0.25, 0.3) is 5.91 Å². The zero-order chi connectivity index (χ0) is 23.9. The average molecular weight is 484 g/mol. The number of rotatable bonds is 10. The molecule has 10 nitrogen and oxygen atoms in total. The molecule has 0 atom stereocenters. The van der Waals surface area contributed by atoms with Gasteiger partial charge in [-0.05, 0) is 18.2 Å². The van der Waals surface area contributed by atoms with E-state index in [9.17, 15) is 4.79 Å². The monoisotopic (exact) mass is 483 g/mol. The van der Waals surface area contributed by atoms with Crippen LogP contribution in [0.3, 0.4) is 0 Å². The molecule has 2 heterocycles. The van der Waals surface area contributed by atoms with E-state index in [0.29, 0.717) is 45.2 Å². The molecule has 0 spiro atoms. The molecule has 0 aliphatic carbocycles. The van der Waals surface area contributed by atoms with Gasteiger partial charge in [0.2, 0.25) is 5.88 Å². The fourth-order valence-electron chi connectivity index (χ4n) is 3.07. The normalized spacial score (nSPS) is 10.7. The van der Waals surface area contributed by atoms with Gasteiger partial charge in [-0.2, -0.15) is 4.52 Å². The number of fused-ring (bicyclic) bond motifs is 1. The second-order valence-electron chi connectivity index (χ2n) is 6.98. The van der Waals surface area contributed by atoms with Crippen molar-refractivity contribution in [3.05, 3.63) is 59.6 Å². The van der Waals surface area contributed by atoms with Crippen LogP contribution in [0.15, 0.2) is 54.6 Å². The third-order valence-corrected chi connectivity index (χ3v) is 5.05. The number of nitrogens with one attached hydrogen (secondary N) is 1. The molecule has 34 heavy (non-hydrogen) atoms. The summed E-state index contributed by atoms with van der Waals surface area (Å²) in [6.45, 7) is 0.312. The summed E-state index contributed by atoms with van der Waals surface area (Å²) in [5, 5.41) is 16.0. The minimum absolute atomic E-state index is 0.164. The quantitative estimate of drug-likeness (QED) is 0.343. The lowest BCUT2D eigenvalue weighted by molar-refractivity contribution is -0.123. The molecule has 4 aromatic rings. The highest BCUT2D eigenvalue weighted by atomic mass is 35.5. The lowest BCUT2D eigenvalue weighted by Crippen LogP contribution is -2.32. The Hall–Kier alpha value is -4.05. The number of carbonyl (C=O) groups excluding carboxylic acids is 1. The maximum absolute atomic E-state index is 12.1. The van der Waals surface area contributed by atoms with E-state index in [4.69, 9.17) is 30.5 Å². The standard InChI is InChI=1S/C23H22ClN5O5/c1-31-15-11-16(32-2)13-17(12-15)34-14-21(30)25-9-10-33-22-8-7-20-26-27-23(29(20)28-22)18-5-3-4-6-19(18)24/h3-8,11-13H,9-10,14H2,1-2H3,(H,25,30). The largest absolute Gasteiger partial charge is 0.496 e. The molecule has 0 bridgehead atoms. The SMILES string of the molecule is COc1cc(OC)cc(OCC(=O)NCCOc2ccc3nnc(-c4ccccc4Cl)n3n2)c1. The topological polar surface area (TPSA) is 109 Å². The van der Waals surface area contributed by atoms with E-state index in [-0.39, 0.29) is 25.7 Å². The van der Waals surface area contributed by atoms with Gasteiger partial charge in [0.05, 0.1) is 25.8 Å². The Morgan fingerprint density at radius 2 is 1.71 bits per heavy atom. The Balaban J connectivity index is 1.29. The van der Waals surface area contributed by atoms with Crippen molar-refractivity contribution in [1.29, 1.82) is 0 Å². The maximum Gasteiger partial charge on any atom is 0.258 e. The average Bonchev–Trinajstić information content (AvgIpc) is 3.28. The number of halogens is 1. The first-order valence-corrected chi connectivity index (χ1v) is 10.7. The number of nitrogens with zero attached hydrogens (tertiary/aromatic N) is 4. The number of carbonyl (C=O) groups is 1. The smallest absolute Gasteiger partial charge is 0.258 e. The number of hydrogen-bond donors (Lipinski definition) is 1. The molecule has 11 heteroatoms. The Morgan fingerprint density at radius 3 is 2.44 bits per heavy atom. The number of methoxy groups -OCH3 is 2. The van der Waals surface area contributed by atoms with Gasteiger partial charge in [0.15, 0.2) is 18.1 Å². The van der Waals surface area contributed by atoms with Crippen molar-refractivity contribution >= 4 is 23.2 Å². The summed E-state index contributed by atoms with van der Waals surface area (Å²) in [6.07, 6.45) is 0. The van der Waals surface area contributed by atoms with Crippen LogP contribution in [0.2, 0.25) is 5.02 Å². The van der Waals surface area contributed by atoms with Crippen molar-refractivity contribution in [2.75, 3.05) is 34.0 Å². The summed E-state index contributed by atoms with van der Waals surface area (Å²) in [4.78, 5) is 12.1. The molecule has 0 aliphatic heterocycles. The zero-order valence-corrected chi connectivity index (χ0v) is 19.3. The van der Waals surface area contributed by atoms with Crippen LogP contribution in [-0.2, 0) is 4.79 Å². The molecule has 176 valence electrons. The van der Waals surface area contributed by atoms with Crippen molar-refractivity contribution < 1.29 is 23.7 Å². The number of hydrogen-bond acceptors (Lipinski definition) is 8. The Kier molecular flexibility index (Phi) is 7.28. The third-order valence-electron chi connectivity index (χ3n) is 4.72. The van der Waals surface area contributed by atoms with Gasteiger partial charge in [0, 0.05) is 29.8 Å². The van der Waals surface area contributed by atoms with Gasteiger partial charge in [-0.15, -0.1) is 15.3 Å². The molecule has 1 amide bonds. The summed E-state index contributed by atoms with van der Waals surface area (Å²) in [5.74, 6) is 2.16. The molecule has 0 unspecified atom stereocenters. The molecule has 0 radical (unpaired) electrons. The van der Waals surface area contributed by atoms with Crippen molar-refractivity contribution in [3.8, 4) is 34.5 Å². The predicted molar refractivity (Wildman–Crippen MR) is 125 cm³/mol. The molecule has 0 aliphatic rings. The van der Waals surface area contributed by atoms with Crippen LogP contribution in [0.25, 0.3) is 17.0 Å². The first-order valence-electron chi connectivity index (χ1n) is 10.3. The summed E-state index contributed by atoms with van der Waals surface area (Å²) in [7, 11) is 3.08. The Morgan fingerprint density at radius 1 is 0.971 bits per heavy atom. The van der Waals surface area contributed by atoms with Gasteiger partial charge in [-0.1, -0.05) is 23.7 Å². The Labute approximate surface area is 200 Å². The molecule has 2 aromatic heterocycles. The van der Waals surface area contributed by atoms with Gasteiger partial charge >= 0.3 is 0 Å². The third kappa shape index (κ3) is 5.46. The maximum atomic E-state index is 12.1. The highest BCUT2D eigenvalue weighted by Gasteiger charge is 2.13. The lowest BCUT2D eigenvalue weighted by atomic mass is 10.2. The first-order chi connectivity index (χ1) is 16.6. The van der Waals surface area contributed by atoms with E-state index in [1.807, 2.05) is 18.2 Å². The number of benzene rings is 2. The van der Waals surface area contributed by atoms with Gasteiger partial charge in [-0.3, -0.25) is 4.79 Å². The highest BCUT2D eigenvalue weighted by Crippen LogP contribution is 2.28. The number of ether oxygens (including phenoxy) is 4. The summed E-state index contributed by atoms with van der Waals surface area (Å²) < 4.78 is 23.1. The fraction of sp³-hybridized carbons (Fsp3) is 0.217. The number of amides is 1. The second-order valence-corrected chi connectivity index (χ2v) is 7.39. The minimum Gasteiger partial charge on any atom is -0.496 e. The fourth-order valence-corrected chi connectivity index (χ4v) is 3.29. The van der Waals surface area contributed by atoms with Crippen LogP contribution in [0, 0.1) is 0 Å². The van der Waals surface area contributed by atoms with Crippen LogP contribution < -0.4 is 24.3 Å². The highest BCUT2D eigenvalue weighted by molar-refractivity contribution is 6.33. The molecular formula is C23H22ClN5O5. The van der Waals surface area contributed by atoms with Gasteiger partial charge < -0.3 is 24.3 Å². The molecular weight excluding hydrogens is 462 g/mol. The molecule has 0 saturated carbocycles. The van der Waals surface area contributed by atoms with Crippen LogP contribution in [0.1, 0.15) is 0 Å². The molecule has 1 N–H and O–H groups in total. The van der Waals surface area contributed by atoms with Gasteiger partial charge in [0.1, 0.15) is 23.9 Å². The number of aromatic nitrogens is 4. The van der Waals surface area contributed by atoms with E-state index in [0.717, 1.165) is 0 Å². The lowest BCUT2D eigenvalue weighted by Gasteiger charge is -2.11. The van der Waals surface area contributed by atoms with Crippen molar-refractivity contribution in [2.45, 2.75) is 0 Å². The zero-order valence-electron chi connectivity index (χ0n) is 18.5. The van der Waals surface area contributed by atoms with Crippen LogP contribution in [0.5, 0.6) is 23.1 Å². The van der Waals surface area contributed by atoms with E-state index < -0.39 is 0 Å². The minimum atomic E-state index is -0.298. The summed E-state index contributed by atoms with van der Waals surface area (Å²) >= 11 is 6.28. The van der Waals surface area contributed by atoms with Crippen molar-refractivity contribution in [1.82, 2.24) is 25.1 Å². The molecule has 0 saturated heterocycles. The summed E-state index contributed by atoms with van der Waals surface area (Å²) in [6, 6.07) is 15.8. The van der Waals surface area contributed by atoms with Gasteiger partial charge in [-0.25, -0.2) is 0 Å². The summed E-state index contributed by atoms with van der Waals surface area (Å²) in [5.41, 5.74) is 1.27. The first kappa shape index (κ1) is 23.1. The van der Waals surface area contributed by atoms with E-state index in [1.54, 1.807) is 55.1 Å². The van der Waals surface area contributed by atoms with Crippen molar-refractivity contribution in [3.63, 3.8) is 0 Å².